The lowest BCUT2D eigenvalue weighted by Crippen LogP contribution is -2.14. The van der Waals surface area contributed by atoms with E-state index in [2.05, 4.69) is 15.6 Å². The molecule has 4 nitrogen and oxygen atoms in total. The minimum atomic E-state index is -0.249. The topological polar surface area (TPSA) is 54.0 Å². The van der Waals surface area contributed by atoms with Gasteiger partial charge in [0.05, 0.1) is 5.56 Å². The SMILES string of the molecule is Cc1ccccc1Nc1ncccc1C(=O)Nc1cccc(Cl)c1. The van der Waals surface area contributed by atoms with Crippen molar-refractivity contribution in [1.82, 2.24) is 4.98 Å². The van der Waals surface area contributed by atoms with E-state index in [0.29, 0.717) is 22.1 Å². The molecule has 0 fully saturated rings. The van der Waals surface area contributed by atoms with Crippen molar-refractivity contribution in [3.05, 3.63) is 83.0 Å². The van der Waals surface area contributed by atoms with Gasteiger partial charge in [-0.3, -0.25) is 4.79 Å². The number of amides is 1. The highest BCUT2D eigenvalue weighted by Crippen LogP contribution is 2.23. The lowest BCUT2D eigenvalue weighted by molar-refractivity contribution is 0.102. The monoisotopic (exact) mass is 337 g/mol. The van der Waals surface area contributed by atoms with Gasteiger partial charge in [0.2, 0.25) is 0 Å². The number of carbonyl (C=O) groups is 1. The summed E-state index contributed by atoms with van der Waals surface area (Å²) >= 11 is 5.95. The van der Waals surface area contributed by atoms with Crippen molar-refractivity contribution in [3.63, 3.8) is 0 Å². The third-order valence-corrected chi connectivity index (χ3v) is 3.77. The summed E-state index contributed by atoms with van der Waals surface area (Å²) in [4.78, 5) is 16.9. The van der Waals surface area contributed by atoms with Crippen LogP contribution in [0.2, 0.25) is 5.02 Å². The standard InChI is InChI=1S/C19H16ClN3O/c1-13-6-2-3-10-17(13)23-18-16(9-5-11-21-18)19(24)22-15-8-4-7-14(20)12-15/h2-12H,1H3,(H,21,23)(H,22,24). The Morgan fingerprint density at radius 2 is 1.88 bits per heavy atom. The third-order valence-electron chi connectivity index (χ3n) is 3.53. The maximum Gasteiger partial charge on any atom is 0.259 e. The Kier molecular flexibility index (Phi) is 4.77. The molecule has 0 radical (unpaired) electrons. The minimum absolute atomic E-state index is 0.249. The van der Waals surface area contributed by atoms with Gasteiger partial charge in [-0.2, -0.15) is 0 Å². The number of hydrogen-bond acceptors (Lipinski definition) is 3. The van der Waals surface area contributed by atoms with Crippen LogP contribution in [0.1, 0.15) is 15.9 Å². The van der Waals surface area contributed by atoms with Crippen LogP contribution in [-0.2, 0) is 0 Å². The number of aromatic nitrogens is 1. The number of rotatable bonds is 4. The summed E-state index contributed by atoms with van der Waals surface area (Å²) in [6, 6.07) is 18.3. The number of para-hydroxylation sites is 1. The Labute approximate surface area is 145 Å². The fourth-order valence-corrected chi connectivity index (χ4v) is 2.48. The molecule has 3 aromatic rings. The number of carbonyl (C=O) groups excluding carboxylic acids is 1. The van der Waals surface area contributed by atoms with E-state index < -0.39 is 0 Å². The van der Waals surface area contributed by atoms with Gasteiger partial charge in [-0.1, -0.05) is 35.9 Å². The molecule has 0 aliphatic carbocycles. The average molecular weight is 338 g/mol. The summed E-state index contributed by atoms with van der Waals surface area (Å²) in [5, 5.41) is 6.62. The first-order valence-corrected chi connectivity index (χ1v) is 7.86. The summed E-state index contributed by atoms with van der Waals surface area (Å²) in [6.45, 7) is 2.00. The second-order valence-corrected chi connectivity index (χ2v) is 5.74. The zero-order valence-electron chi connectivity index (χ0n) is 13.1. The highest BCUT2D eigenvalue weighted by atomic mass is 35.5. The molecule has 3 rings (SSSR count). The van der Waals surface area contributed by atoms with Gasteiger partial charge < -0.3 is 10.6 Å². The molecule has 0 saturated heterocycles. The normalized spacial score (nSPS) is 10.2. The van der Waals surface area contributed by atoms with Crippen molar-refractivity contribution >= 4 is 34.7 Å². The van der Waals surface area contributed by atoms with Crippen LogP contribution >= 0.6 is 11.6 Å². The van der Waals surface area contributed by atoms with Gasteiger partial charge in [-0.25, -0.2) is 4.98 Å². The first-order chi connectivity index (χ1) is 11.6. The van der Waals surface area contributed by atoms with Gasteiger partial charge in [-0.15, -0.1) is 0 Å². The van der Waals surface area contributed by atoms with E-state index in [0.717, 1.165) is 11.3 Å². The van der Waals surface area contributed by atoms with E-state index in [1.54, 1.807) is 42.6 Å². The Morgan fingerprint density at radius 3 is 2.67 bits per heavy atom. The number of aryl methyl sites for hydroxylation is 1. The Bertz CT molecular complexity index is 880. The van der Waals surface area contributed by atoms with E-state index in [1.165, 1.54) is 0 Å². The predicted octanol–water partition coefficient (Wildman–Crippen LogP) is 5.04. The summed E-state index contributed by atoms with van der Waals surface area (Å²) < 4.78 is 0. The van der Waals surface area contributed by atoms with Crippen LogP contribution in [0.15, 0.2) is 66.9 Å². The molecule has 0 spiro atoms. The van der Waals surface area contributed by atoms with Crippen LogP contribution in [0, 0.1) is 6.92 Å². The number of hydrogen-bond donors (Lipinski definition) is 2. The molecule has 1 amide bonds. The molecule has 2 N–H and O–H groups in total. The van der Waals surface area contributed by atoms with E-state index in [9.17, 15) is 4.79 Å². The molecule has 120 valence electrons. The van der Waals surface area contributed by atoms with Crippen LogP contribution in [0.3, 0.4) is 0 Å². The minimum Gasteiger partial charge on any atom is -0.339 e. The molecule has 0 unspecified atom stereocenters. The van der Waals surface area contributed by atoms with Gasteiger partial charge in [-0.05, 0) is 48.9 Å². The van der Waals surface area contributed by atoms with Crippen LogP contribution in [0.5, 0.6) is 0 Å². The zero-order chi connectivity index (χ0) is 16.9. The van der Waals surface area contributed by atoms with E-state index >= 15 is 0 Å². The number of benzene rings is 2. The van der Waals surface area contributed by atoms with Crippen molar-refractivity contribution in [2.24, 2.45) is 0 Å². The molecular weight excluding hydrogens is 322 g/mol. The van der Waals surface area contributed by atoms with Crippen molar-refractivity contribution < 1.29 is 4.79 Å². The lowest BCUT2D eigenvalue weighted by atomic mass is 10.2. The number of pyridine rings is 1. The van der Waals surface area contributed by atoms with E-state index in [4.69, 9.17) is 11.6 Å². The molecule has 0 saturated carbocycles. The summed E-state index contributed by atoms with van der Waals surface area (Å²) in [5.74, 6) is 0.257. The fraction of sp³-hybridized carbons (Fsp3) is 0.0526. The lowest BCUT2D eigenvalue weighted by Gasteiger charge is -2.13. The Morgan fingerprint density at radius 1 is 1.04 bits per heavy atom. The van der Waals surface area contributed by atoms with Crippen LogP contribution in [-0.4, -0.2) is 10.9 Å². The first-order valence-electron chi connectivity index (χ1n) is 7.48. The van der Waals surface area contributed by atoms with Crippen LogP contribution < -0.4 is 10.6 Å². The molecular formula is C19H16ClN3O. The van der Waals surface area contributed by atoms with Crippen molar-refractivity contribution in [2.75, 3.05) is 10.6 Å². The predicted molar refractivity (Wildman–Crippen MR) is 98.1 cm³/mol. The molecule has 2 aromatic carbocycles. The van der Waals surface area contributed by atoms with Crippen molar-refractivity contribution in [2.45, 2.75) is 6.92 Å². The quantitative estimate of drug-likeness (QED) is 0.701. The molecule has 0 atom stereocenters. The fourth-order valence-electron chi connectivity index (χ4n) is 2.29. The van der Waals surface area contributed by atoms with Gasteiger partial charge in [0.15, 0.2) is 0 Å². The van der Waals surface area contributed by atoms with E-state index in [1.807, 2.05) is 31.2 Å². The number of nitrogens with one attached hydrogen (secondary N) is 2. The molecule has 0 aliphatic rings. The number of nitrogens with zero attached hydrogens (tertiary/aromatic N) is 1. The number of anilines is 3. The second kappa shape index (κ2) is 7.15. The van der Waals surface area contributed by atoms with Crippen LogP contribution in [0.25, 0.3) is 0 Å². The maximum absolute atomic E-state index is 12.6. The van der Waals surface area contributed by atoms with Crippen molar-refractivity contribution in [3.8, 4) is 0 Å². The van der Waals surface area contributed by atoms with Crippen molar-refractivity contribution in [1.29, 1.82) is 0 Å². The molecule has 1 aromatic heterocycles. The van der Waals surface area contributed by atoms with Gasteiger partial charge >= 0.3 is 0 Å². The molecule has 0 bridgehead atoms. The van der Waals surface area contributed by atoms with Crippen LogP contribution in [0.4, 0.5) is 17.2 Å². The molecule has 1 heterocycles. The van der Waals surface area contributed by atoms with E-state index in [-0.39, 0.29) is 5.91 Å². The Balaban J connectivity index is 1.86. The highest BCUT2D eigenvalue weighted by molar-refractivity contribution is 6.31. The highest BCUT2D eigenvalue weighted by Gasteiger charge is 2.13. The van der Waals surface area contributed by atoms with Gasteiger partial charge in [0, 0.05) is 22.6 Å². The largest absolute Gasteiger partial charge is 0.339 e. The maximum atomic E-state index is 12.6. The van der Waals surface area contributed by atoms with Gasteiger partial charge in [0.25, 0.3) is 5.91 Å². The average Bonchev–Trinajstić information content (AvgIpc) is 2.57. The summed E-state index contributed by atoms with van der Waals surface area (Å²) in [6.07, 6.45) is 1.65. The van der Waals surface area contributed by atoms with Gasteiger partial charge in [0.1, 0.15) is 5.82 Å². The first kappa shape index (κ1) is 16.0. The molecule has 5 heteroatoms. The molecule has 0 aliphatic heterocycles. The zero-order valence-corrected chi connectivity index (χ0v) is 13.8. The third kappa shape index (κ3) is 3.73. The second-order valence-electron chi connectivity index (χ2n) is 5.30. The summed E-state index contributed by atoms with van der Waals surface area (Å²) in [5.41, 5.74) is 3.08. The Hall–Kier alpha value is -2.85. The smallest absolute Gasteiger partial charge is 0.259 e. The molecule has 24 heavy (non-hydrogen) atoms. The summed E-state index contributed by atoms with van der Waals surface area (Å²) in [7, 11) is 0. The number of halogens is 1.